The van der Waals surface area contributed by atoms with Crippen LogP contribution in [0.1, 0.15) is 30.9 Å². The fraction of sp³-hybridized carbons (Fsp3) is 0.556. The summed E-state index contributed by atoms with van der Waals surface area (Å²) in [4.78, 5) is 5.00. The minimum absolute atomic E-state index is 0.0835. The second kappa shape index (κ2) is 8.19. The molecular weight excluding hydrogens is 260 g/mol. The quantitative estimate of drug-likeness (QED) is 0.838. The van der Waals surface area contributed by atoms with Crippen LogP contribution in [0.25, 0.3) is 0 Å². The minimum atomic E-state index is -0.0835. The molecule has 1 unspecified atom stereocenters. The third-order valence-corrected chi connectivity index (χ3v) is 4.15. The summed E-state index contributed by atoms with van der Waals surface area (Å²) in [5, 5.41) is 8.69. The maximum Gasteiger partial charge on any atom is 0.104 e. The van der Waals surface area contributed by atoms with Crippen molar-refractivity contribution in [3.63, 3.8) is 0 Å². The number of likely N-dealkylation sites (tertiary alicyclic amines) is 1. The van der Waals surface area contributed by atoms with E-state index in [1.54, 1.807) is 0 Å². The van der Waals surface area contributed by atoms with Crippen molar-refractivity contribution in [2.75, 3.05) is 33.3 Å². The Morgan fingerprint density at radius 2 is 2.10 bits per heavy atom. The van der Waals surface area contributed by atoms with Gasteiger partial charge in [0.1, 0.15) is 6.61 Å². The molecule has 0 aliphatic carbocycles. The van der Waals surface area contributed by atoms with Gasteiger partial charge in [0.25, 0.3) is 0 Å². The summed E-state index contributed by atoms with van der Waals surface area (Å²) in [7, 11) is 2.20. The Bertz CT molecular complexity index is 486. The summed E-state index contributed by atoms with van der Waals surface area (Å²) >= 11 is 0. The lowest BCUT2D eigenvalue weighted by molar-refractivity contribution is 0.195. The Morgan fingerprint density at radius 3 is 2.76 bits per heavy atom. The van der Waals surface area contributed by atoms with E-state index in [1.807, 2.05) is 12.1 Å². The van der Waals surface area contributed by atoms with Crippen LogP contribution in [0.5, 0.6) is 0 Å². The summed E-state index contributed by atoms with van der Waals surface area (Å²) in [5.74, 6) is 5.60. The molecule has 1 saturated heterocycles. The molecule has 1 aromatic carbocycles. The van der Waals surface area contributed by atoms with Crippen LogP contribution in [0.15, 0.2) is 24.3 Å². The fourth-order valence-electron chi connectivity index (χ4n) is 3.09. The SMILES string of the molecule is CCN1CCCC1CN(C)Cc1ccc(C#CCO)cc1. The zero-order chi connectivity index (χ0) is 15.1. The van der Waals surface area contributed by atoms with Crippen molar-refractivity contribution in [3.05, 3.63) is 35.4 Å². The molecule has 0 amide bonds. The number of hydrogen-bond donors (Lipinski definition) is 1. The average molecular weight is 286 g/mol. The highest BCUT2D eigenvalue weighted by Gasteiger charge is 2.23. The highest BCUT2D eigenvalue weighted by molar-refractivity contribution is 5.36. The highest BCUT2D eigenvalue weighted by Crippen LogP contribution is 2.18. The second-order valence-corrected chi connectivity index (χ2v) is 5.78. The number of benzene rings is 1. The third kappa shape index (κ3) is 4.86. The van der Waals surface area contributed by atoms with Crippen molar-refractivity contribution in [2.24, 2.45) is 0 Å². The van der Waals surface area contributed by atoms with Gasteiger partial charge < -0.3 is 10.0 Å². The minimum Gasteiger partial charge on any atom is -0.384 e. The van der Waals surface area contributed by atoms with Crippen LogP contribution < -0.4 is 0 Å². The maximum atomic E-state index is 8.69. The Kier molecular flexibility index (Phi) is 6.25. The number of hydrogen-bond acceptors (Lipinski definition) is 3. The van der Waals surface area contributed by atoms with Crippen LogP contribution in [-0.4, -0.2) is 54.2 Å². The summed E-state index contributed by atoms with van der Waals surface area (Å²) in [5.41, 5.74) is 2.27. The Hall–Kier alpha value is -1.34. The molecule has 3 nitrogen and oxygen atoms in total. The largest absolute Gasteiger partial charge is 0.384 e. The molecule has 3 heteroatoms. The molecule has 1 aliphatic rings. The molecule has 0 aromatic heterocycles. The van der Waals surface area contributed by atoms with E-state index in [1.165, 1.54) is 24.9 Å². The number of likely N-dealkylation sites (N-methyl/N-ethyl adjacent to an activating group) is 2. The summed E-state index contributed by atoms with van der Waals surface area (Å²) in [6.45, 7) is 6.70. The van der Waals surface area contributed by atoms with Crippen molar-refractivity contribution < 1.29 is 5.11 Å². The first-order valence-electron chi connectivity index (χ1n) is 7.84. The van der Waals surface area contributed by atoms with Gasteiger partial charge in [0.2, 0.25) is 0 Å². The highest BCUT2D eigenvalue weighted by atomic mass is 16.2. The van der Waals surface area contributed by atoms with E-state index in [-0.39, 0.29) is 6.61 Å². The van der Waals surface area contributed by atoms with Crippen molar-refractivity contribution in [2.45, 2.75) is 32.4 Å². The average Bonchev–Trinajstić information content (AvgIpc) is 2.93. The molecular formula is C18H26N2O. The zero-order valence-electron chi connectivity index (χ0n) is 13.2. The molecule has 1 aliphatic heterocycles. The topological polar surface area (TPSA) is 26.7 Å². The van der Waals surface area contributed by atoms with E-state index in [9.17, 15) is 0 Å². The van der Waals surface area contributed by atoms with Crippen LogP contribution in [0.3, 0.4) is 0 Å². The number of nitrogens with zero attached hydrogens (tertiary/aromatic N) is 2. The summed E-state index contributed by atoms with van der Waals surface area (Å²) in [6.07, 6.45) is 2.67. The van der Waals surface area contributed by atoms with Crippen LogP contribution in [0.2, 0.25) is 0 Å². The Balaban J connectivity index is 1.86. The molecule has 0 radical (unpaired) electrons. The fourth-order valence-corrected chi connectivity index (χ4v) is 3.09. The standard InChI is InChI=1S/C18H26N2O/c1-3-20-12-4-7-18(20)15-19(2)14-17-10-8-16(9-11-17)6-5-13-21/h8-11,18,21H,3-4,7,12-15H2,1-2H3. The van der Waals surface area contributed by atoms with E-state index in [2.05, 4.69) is 47.7 Å². The maximum absolute atomic E-state index is 8.69. The van der Waals surface area contributed by atoms with Crippen molar-refractivity contribution in [3.8, 4) is 11.8 Å². The summed E-state index contributed by atoms with van der Waals surface area (Å²) < 4.78 is 0. The Labute approximate surface area is 128 Å². The van der Waals surface area contributed by atoms with Gasteiger partial charge in [-0.15, -0.1) is 0 Å². The van der Waals surface area contributed by atoms with Gasteiger partial charge in [-0.3, -0.25) is 4.90 Å². The first kappa shape index (κ1) is 16.0. The molecule has 1 aromatic rings. The monoisotopic (exact) mass is 286 g/mol. The third-order valence-electron chi connectivity index (χ3n) is 4.15. The van der Waals surface area contributed by atoms with Crippen LogP contribution in [0, 0.1) is 11.8 Å². The first-order valence-corrected chi connectivity index (χ1v) is 7.84. The predicted octanol–water partition coefficient (Wildman–Crippen LogP) is 1.95. The first-order chi connectivity index (χ1) is 10.2. The van der Waals surface area contributed by atoms with Gasteiger partial charge in [-0.05, 0) is 50.7 Å². The van der Waals surface area contributed by atoms with Gasteiger partial charge in [0, 0.05) is 24.7 Å². The van der Waals surface area contributed by atoms with Crippen LogP contribution in [0.4, 0.5) is 0 Å². The number of rotatable bonds is 5. The lowest BCUT2D eigenvalue weighted by atomic mass is 10.1. The van der Waals surface area contributed by atoms with Crippen molar-refractivity contribution >= 4 is 0 Å². The molecule has 21 heavy (non-hydrogen) atoms. The van der Waals surface area contributed by atoms with E-state index < -0.39 is 0 Å². The molecule has 1 N–H and O–H groups in total. The molecule has 1 atom stereocenters. The van der Waals surface area contributed by atoms with Gasteiger partial charge >= 0.3 is 0 Å². The molecule has 0 bridgehead atoms. The van der Waals surface area contributed by atoms with Crippen LogP contribution >= 0.6 is 0 Å². The molecule has 1 fully saturated rings. The van der Waals surface area contributed by atoms with Crippen molar-refractivity contribution in [1.82, 2.24) is 9.80 Å². The molecule has 2 rings (SSSR count). The Morgan fingerprint density at radius 1 is 1.33 bits per heavy atom. The van der Waals surface area contributed by atoms with E-state index in [0.29, 0.717) is 0 Å². The molecule has 1 heterocycles. The van der Waals surface area contributed by atoms with Gasteiger partial charge in [0.15, 0.2) is 0 Å². The normalized spacial score (nSPS) is 18.8. The van der Waals surface area contributed by atoms with Gasteiger partial charge in [-0.1, -0.05) is 30.9 Å². The van der Waals surface area contributed by atoms with E-state index >= 15 is 0 Å². The zero-order valence-corrected chi connectivity index (χ0v) is 13.2. The van der Waals surface area contributed by atoms with Gasteiger partial charge in [-0.2, -0.15) is 0 Å². The summed E-state index contributed by atoms with van der Waals surface area (Å²) in [6, 6.07) is 9.03. The lowest BCUT2D eigenvalue weighted by Crippen LogP contribution is -2.38. The predicted molar refractivity (Wildman–Crippen MR) is 87.0 cm³/mol. The number of aliphatic hydroxyl groups is 1. The number of aliphatic hydroxyl groups excluding tert-OH is 1. The van der Waals surface area contributed by atoms with Gasteiger partial charge in [-0.25, -0.2) is 0 Å². The molecule has 114 valence electrons. The van der Waals surface area contributed by atoms with Crippen LogP contribution in [-0.2, 0) is 6.54 Å². The second-order valence-electron chi connectivity index (χ2n) is 5.78. The van der Waals surface area contributed by atoms with E-state index in [0.717, 1.165) is 31.2 Å². The van der Waals surface area contributed by atoms with Crippen molar-refractivity contribution in [1.29, 1.82) is 0 Å². The molecule has 0 saturated carbocycles. The van der Waals surface area contributed by atoms with E-state index in [4.69, 9.17) is 5.11 Å². The van der Waals surface area contributed by atoms with Gasteiger partial charge in [0.05, 0.1) is 0 Å². The lowest BCUT2D eigenvalue weighted by Gasteiger charge is -2.27. The smallest absolute Gasteiger partial charge is 0.104 e. The molecule has 0 spiro atoms.